The van der Waals surface area contributed by atoms with Gasteiger partial charge in [-0.25, -0.2) is 0 Å². The van der Waals surface area contributed by atoms with Gasteiger partial charge in [0, 0.05) is 31.3 Å². The second kappa shape index (κ2) is 6.70. The molecule has 1 fully saturated rings. The first-order valence-electron chi connectivity index (χ1n) is 7.91. The number of nitrogens with one attached hydrogen (secondary N) is 1. The van der Waals surface area contributed by atoms with Crippen molar-refractivity contribution in [3.05, 3.63) is 64.2 Å². The summed E-state index contributed by atoms with van der Waals surface area (Å²) in [6.07, 6.45) is 2.16. The van der Waals surface area contributed by atoms with Crippen molar-refractivity contribution in [2.75, 3.05) is 5.32 Å². The molecule has 0 heterocycles. The molecule has 0 aliphatic heterocycles. The van der Waals surface area contributed by atoms with Gasteiger partial charge in [-0.15, -0.1) is 0 Å². The van der Waals surface area contributed by atoms with Crippen LogP contribution in [0.4, 0.5) is 17.1 Å². The van der Waals surface area contributed by atoms with Crippen LogP contribution in [0.25, 0.3) is 0 Å². The summed E-state index contributed by atoms with van der Waals surface area (Å²) in [4.78, 5) is 24.2. The van der Waals surface area contributed by atoms with Gasteiger partial charge in [-0.3, -0.25) is 14.9 Å². The van der Waals surface area contributed by atoms with Crippen LogP contribution in [0.5, 0.6) is 0 Å². The molecule has 0 spiro atoms. The molecule has 1 aliphatic carbocycles. The smallest absolute Gasteiger partial charge is 0.292 e. The average molecular weight is 325 g/mol. The maximum atomic E-state index is 11.7. The van der Waals surface area contributed by atoms with Crippen molar-refractivity contribution >= 4 is 23.0 Å². The zero-order chi connectivity index (χ0) is 17.1. The summed E-state index contributed by atoms with van der Waals surface area (Å²) in [5.41, 5.74) is 2.32. The Morgan fingerprint density at radius 1 is 1.21 bits per heavy atom. The summed E-state index contributed by atoms with van der Waals surface area (Å²) in [7, 11) is 0. The van der Waals surface area contributed by atoms with Gasteiger partial charge in [0.2, 0.25) is 5.91 Å². The van der Waals surface area contributed by atoms with Crippen LogP contribution >= 0.6 is 0 Å². The number of hydrogen-bond acceptors (Lipinski definition) is 4. The predicted octanol–water partition coefficient (Wildman–Crippen LogP) is 3.85. The third-order valence-corrected chi connectivity index (χ3v) is 4.08. The molecule has 6 nitrogen and oxygen atoms in total. The van der Waals surface area contributed by atoms with E-state index in [4.69, 9.17) is 0 Å². The summed E-state index contributed by atoms with van der Waals surface area (Å²) in [5, 5.41) is 14.1. The number of benzene rings is 2. The highest BCUT2D eigenvalue weighted by atomic mass is 16.6. The molecule has 1 aliphatic rings. The molecule has 0 atom stereocenters. The van der Waals surface area contributed by atoms with Crippen molar-refractivity contribution in [1.29, 1.82) is 0 Å². The molecular formula is C18H19N3O3. The summed E-state index contributed by atoms with van der Waals surface area (Å²) in [6, 6.07) is 14.5. The van der Waals surface area contributed by atoms with Crippen LogP contribution in [0.3, 0.4) is 0 Å². The zero-order valence-corrected chi connectivity index (χ0v) is 13.4. The second-order valence-electron chi connectivity index (χ2n) is 5.97. The van der Waals surface area contributed by atoms with Gasteiger partial charge in [0.05, 0.1) is 4.92 Å². The number of amides is 1. The topological polar surface area (TPSA) is 75.5 Å². The molecule has 124 valence electrons. The normalized spacial score (nSPS) is 13.4. The molecular weight excluding hydrogens is 306 g/mol. The Kier molecular flexibility index (Phi) is 4.46. The Morgan fingerprint density at radius 3 is 2.46 bits per heavy atom. The van der Waals surface area contributed by atoms with Crippen LogP contribution in [0.15, 0.2) is 48.5 Å². The van der Waals surface area contributed by atoms with Gasteiger partial charge in [-0.05, 0) is 36.6 Å². The fourth-order valence-electron chi connectivity index (χ4n) is 2.67. The minimum atomic E-state index is -0.406. The third-order valence-electron chi connectivity index (χ3n) is 4.08. The number of nitro benzene ring substituents is 1. The van der Waals surface area contributed by atoms with Crippen LogP contribution in [0.1, 0.15) is 25.3 Å². The van der Waals surface area contributed by atoms with Gasteiger partial charge in [0.1, 0.15) is 5.69 Å². The molecule has 24 heavy (non-hydrogen) atoms. The molecule has 1 amide bonds. The molecule has 0 aromatic heterocycles. The Balaban J connectivity index is 1.71. The lowest BCUT2D eigenvalue weighted by Crippen LogP contribution is -2.30. The minimum Gasteiger partial charge on any atom is -0.350 e. The first-order valence-corrected chi connectivity index (χ1v) is 7.91. The van der Waals surface area contributed by atoms with E-state index in [9.17, 15) is 14.9 Å². The van der Waals surface area contributed by atoms with Crippen LogP contribution in [0, 0.1) is 10.1 Å². The van der Waals surface area contributed by atoms with Gasteiger partial charge in [-0.1, -0.05) is 24.3 Å². The monoisotopic (exact) mass is 325 g/mol. The fraction of sp³-hybridized carbons (Fsp3) is 0.278. The SMILES string of the molecule is CC(=O)N(Cc1ccc(Nc2ccccc2[N+](=O)[O-])cc1)C1CC1. The molecule has 0 radical (unpaired) electrons. The van der Waals surface area contributed by atoms with Crippen molar-refractivity contribution in [2.24, 2.45) is 0 Å². The average Bonchev–Trinajstić information content (AvgIpc) is 3.39. The molecule has 1 N–H and O–H groups in total. The standard InChI is InChI=1S/C18H19N3O3/c1-13(22)20(16-10-11-16)12-14-6-8-15(9-7-14)19-17-4-2-3-5-18(17)21(23)24/h2-9,16,19H,10-12H2,1H3. The second-order valence-corrected chi connectivity index (χ2v) is 5.97. The predicted molar refractivity (Wildman–Crippen MR) is 92.1 cm³/mol. The number of rotatable bonds is 6. The quantitative estimate of drug-likeness (QED) is 0.646. The highest BCUT2D eigenvalue weighted by molar-refractivity contribution is 5.74. The Morgan fingerprint density at radius 2 is 1.88 bits per heavy atom. The van der Waals surface area contributed by atoms with Crippen molar-refractivity contribution in [3.63, 3.8) is 0 Å². The van der Waals surface area contributed by atoms with Crippen molar-refractivity contribution < 1.29 is 9.72 Å². The van der Waals surface area contributed by atoms with Gasteiger partial charge >= 0.3 is 0 Å². The van der Waals surface area contributed by atoms with E-state index < -0.39 is 4.92 Å². The number of anilines is 2. The van der Waals surface area contributed by atoms with Gasteiger partial charge in [0.15, 0.2) is 0 Å². The Hall–Kier alpha value is -2.89. The molecule has 3 rings (SSSR count). The highest BCUT2D eigenvalue weighted by Crippen LogP contribution is 2.29. The van der Waals surface area contributed by atoms with Crippen LogP contribution in [-0.2, 0) is 11.3 Å². The lowest BCUT2D eigenvalue weighted by molar-refractivity contribution is -0.383. The lowest BCUT2D eigenvalue weighted by atomic mass is 10.1. The Bertz CT molecular complexity index is 754. The van der Waals surface area contributed by atoms with Gasteiger partial charge in [0.25, 0.3) is 5.69 Å². The molecule has 0 saturated heterocycles. The first kappa shape index (κ1) is 16.0. The van der Waals surface area contributed by atoms with E-state index in [2.05, 4.69) is 5.32 Å². The molecule has 1 saturated carbocycles. The number of nitrogens with zero attached hydrogens (tertiary/aromatic N) is 2. The molecule has 2 aromatic carbocycles. The van der Waals surface area contributed by atoms with E-state index in [0.717, 1.165) is 24.1 Å². The van der Waals surface area contributed by atoms with Crippen molar-refractivity contribution in [1.82, 2.24) is 4.90 Å². The molecule has 2 aromatic rings. The van der Waals surface area contributed by atoms with Gasteiger partial charge in [-0.2, -0.15) is 0 Å². The van der Waals surface area contributed by atoms with E-state index in [1.165, 1.54) is 6.07 Å². The maximum Gasteiger partial charge on any atom is 0.292 e. The van der Waals surface area contributed by atoms with E-state index in [-0.39, 0.29) is 11.6 Å². The summed E-state index contributed by atoms with van der Waals surface area (Å²) in [5.74, 6) is 0.0969. The summed E-state index contributed by atoms with van der Waals surface area (Å²) < 4.78 is 0. The number of carbonyl (C=O) groups is 1. The molecule has 0 bridgehead atoms. The third kappa shape index (κ3) is 3.71. The molecule has 0 unspecified atom stereocenters. The maximum absolute atomic E-state index is 11.7. The fourth-order valence-corrected chi connectivity index (χ4v) is 2.67. The first-order chi connectivity index (χ1) is 11.5. The number of carbonyl (C=O) groups excluding carboxylic acids is 1. The number of nitro groups is 1. The van der Waals surface area contributed by atoms with Crippen LogP contribution < -0.4 is 5.32 Å². The number of para-hydroxylation sites is 2. The van der Waals surface area contributed by atoms with Crippen LogP contribution in [-0.4, -0.2) is 21.8 Å². The van der Waals surface area contributed by atoms with Crippen molar-refractivity contribution in [3.8, 4) is 0 Å². The summed E-state index contributed by atoms with van der Waals surface area (Å²) >= 11 is 0. The van der Waals surface area contributed by atoms with E-state index in [1.807, 2.05) is 29.2 Å². The lowest BCUT2D eigenvalue weighted by Gasteiger charge is -2.20. The number of hydrogen-bond donors (Lipinski definition) is 1. The van der Waals surface area contributed by atoms with E-state index in [1.54, 1.807) is 25.1 Å². The largest absolute Gasteiger partial charge is 0.350 e. The van der Waals surface area contributed by atoms with E-state index >= 15 is 0 Å². The van der Waals surface area contributed by atoms with E-state index in [0.29, 0.717) is 18.3 Å². The summed E-state index contributed by atoms with van der Waals surface area (Å²) in [6.45, 7) is 2.20. The minimum absolute atomic E-state index is 0.0399. The zero-order valence-electron chi connectivity index (χ0n) is 13.4. The molecule has 6 heteroatoms. The highest BCUT2D eigenvalue weighted by Gasteiger charge is 2.30. The van der Waals surface area contributed by atoms with Crippen LogP contribution in [0.2, 0.25) is 0 Å². The van der Waals surface area contributed by atoms with Crippen molar-refractivity contribution in [2.45, 2.75) is 32.4 Å². The Labute approximate surface area is 140 Å². The van der Waals surface area contributed by atoms with Gasteiger partial charge < -0.3 is 10.2 Å².